The normalized spacial score (nSPS) is 12.4. The average Bonchev–Trinajstić information content (AvgIpc) is 4.02. The van der Waals surface area contributed by atoms with Crippen LogP contribution in [-0.2, 0) is 0 Å². The maximum absolute atomic E-state index is 15.0. The Labute approximate surface area is 320 Å². The van der Waals surface area contributed by atoms with E-state index in [1.165, 1.54) is 70.3 Å². The lowest BCUT2D eigenvalue weighted by Crippen LogP contribution is -2.08. The summed E-state index contributed by atoms with van der Waals surface area (Å²) in [5.74, 6) is -3.00. The van der Waals surface area contributed by atoms with Crippen LogP contribution in [0.4, 0.5) is 23.4 Å². The highest BCUT2D eigenvalue weighted by Crippen LogP contribution is 2.40. The number of benzene rings is 2. The van der Waals surface area contributed by atoms with E-state index < -0.39 is 28.8 Å². The first-order chi connectivity index (χ1) is 26.0. The highest BCUT2D eigenvalue weighted by atomic mass is 35.5. The van der Waals surface area contributed by atoms with E-state index in [1.54, 1.807) is 12.3 Å². The summed E-state index contributed by atoms with van der Waals surface area (Å²) in [6.45, 7) is 0.733. The van der Waals surface area contributed by atoms with Crippen LogP contribution >= 0.6 is 35.1 Å². The second-order valence-corrected chi connectivity index (χ2v) is 13.5. The Bertz CT molecular complexity index is 2320. The number of hydrogen-bond donors (Lipinski definition) is 1. The Morgan fingerprint density at radius 1 is 0.648 bits per heavy atom. The third-order valence-corrected chi connectivity index (χ3v) is 9.71. The fourth-order valence-electron chi connectivity index (χ4n) is 5.37. The van der Waals surface area contributed by atoms with Gasteiger partial charge in [0.15, 0.2) is 67.6 Å². The van der Waals surface area contributed by atoms with E-state index in [4.69, 9.17) is 30.5 Å². The number of hydrogen-bond acceptors (Lipinski definition) is 13. The van der Waals surface area contributed by atoms with Crippen molar-refractivity contribution in [3.63, 3.8) is 0 Å². The molecule has 0 saturated heterocycles. The van der Waals surface area contributed by atoms with Gasteiger partial charge in [-0.25, -0.2) is 47.5 Å². The molecule has 1 aliphatic carbocycles. The van der Waals surface area contributed by atoms with Crippen LogP contribution in [0.3, 0.4) is 0 Å². The van der Waals surface area contributed by atoms with Crippen molar-refractivity contribution in [2.75, 3.05) is 52.8 Å². The molecule has 0 atom stereocenters. The molecule has 4 heterocycles. The van der Waals surface area contributed by atoms with Crippen molar-refractivity contribution in [3.05, 3.63) is 65.1 Å². The molecule has 54 heavy (non-hydrogen) atoms. The van der Waals surface area contributed by atoms with E-state index in [1.807, 2.05) is 12.5 Å². The van der Waals surface area contributed by atoms with Gasteiger partial charge in [0, 0.05) is 41.8 Å². The minimum Gasteiger partial charge on any atom is -0.494 e. The maximum Gasteiger partial charge on any atom is 0.187 e. The number of methoxy groups -OCH3 is 4. The molecule has 0 amide bonds. The molecule has 18 heteroatoms. The number of halogens is 5. The van der Waals surface area contributed by atoms with E-state index in [0.29, 0.717) is 43.9 Å². The molecule has 1 saturated carbocycles. The first kappa shape index (κ1) is 38.8. The Morgan fingerprint density at radius 2 is 1.07 bits per heavy atom. The number of aromatic nitrogens is 6. The summed E-state index contributed by atoms with van der Waals surface area (Å²) in [6, 6.07) is 5.34. The van der Waals surface area contributed by atoms with Gasteiger partial charge in [-0.2, -0.15) is 0 Å². The van der Waals surface area contributed by atoms with Gasteiger partial charge < -0.3 is 24.3 Å². The monoisotopic (exact) mass is 801 g/mol. The minimum absolute atomic E-state index is 0.00907. The largest absolute Gasteiger partial charge is 0.494 e. The zero-order valence-corrected chi connectivity index (χ0v) is 32.1. The molecule has 11 nitrogen and oxygen atoms in total. The zero-order valence-electron chi connectivity index (χ0n) is 29.7. The van der Waals surface area contributed by atoms with Crippen molar-refractivity contribution in [1.82, 2.24) is 29.9 Å². The fraction of sp³-hybridized carbons (Fsp3) is 0.278. The van der Waals surface area contributed by atoms with Gasteiger partial charge in [0.25, 0.3) is 0 Å². The number of thioether (sulfide) groups is 2. The Morgan fingerprint density at radius 3 is 1.50 bits per heavy atom. The van der Waals surface area contributed by atoms with Gasteiger partial charge >= 0.3 is 0 Å². The fourth-order valence-corrected chi connectivity index (χ4v) is 6.29. The summed E-state index contributed by atoms with van der Waals surface area (Å²) in [7, 11) is 5.18. The van der Waals surface area contributed by atoms with Gasteiger partial charge in [-0.1, -0.05) is 35.1 Å². The highest BCUT2D eigenvalue weighted by Gasteiger charge is 2.26. The van der Waals surface area contributed by atoms with Crippen LogP contribution in [0.1, 0.15) is 12.8 Å². The Balaban J connectivity index is 0.000000186. The number of ether oxygens (including phenoxy) is 4. The molecule has 0 aliphatic heterocycles. The molecule has 1 fully saturated rings. The lowest BCUT2D eigenvalue weighted by Gasteiger charge is -2.15. The van der Waals surface area contributed by atoms with Gasteiger partial charge in [0.05, 0.1) is 51.0 Å². The van der Waals surface area contributed by atoms with Crippen LogP contribution < -0.4 is 24.3 Å². The number of rotatable bonds is 11. The second-order valence-electron chi connectivity index (χ2n) is 11.6. The van der Waals surface area contributed by atoms with E-state index in [-0.39, 0.29) is 45.1 Å². The van der Waals surface area contributed by atoms with Crippen molar-refractivity contribution >= 4 is 62.7 Å². The third kappa shape index (κ3) is 7.84. The van der Waals surface area contributed by atoms with Crippen LogP contribution in [0, 0.1) is 29.2 Å². The van der Waals surface area contributed by atoms with Crippen LogP contribution in [0.5, 0.6) is 23.0 Å². The molecule has 6 aromatic rings. The van der Waals surface area contributed by atoms with Crippen molar-refractivity contribution < 1.29 is 36.5 Å². The smallest absolute Gasteiger partial charge is 0.187 e. The molecule has 4 aromatic heterocycles. The lowest BCUT2D eigenvalue weighted by atomic mass is 10.1. The number of anilines is 1. The molecule has 0 radical (unpaired) electrons. The number of nitrogens with zero attached hydrogens (tertiary/aromatic N) is 6. The van der Waals surface area contributed by atoms with Crippen LogP contribution in [-0.4, -0.2) is 77.4 Å². The predicted octanol–water partition coefficient (Wildman–Crippen LogP) is 8.89. The summed E-state index contributed by atoms with van der Waals surface area (Å²) in [6.07, 6.45) is 9.18. The number of nitrogens with one attached hydrogen (secondary N) is 1. The summed E-state index contributed by atoms with van der Waals surface area (Å²) in [4.78, 5) is 25.8. The molecule has 0 unspecified atom stereocenters. The molecular formula is C36H32ClF4N7O4S2. The highest BCUT2D eigenvalue weighted by molar-refractivity contribution is 7.98. The number of fused-ring (bicyclic) bond motifs is 2. The van der Waals surface area contributed by atoms with Crippen molar-refractivity contribution in [2.24, 2.45) is 5.92 Å². The van der Waals surface area contributed by atoms with Crippen LogP contribution in [0.25, 0.3) is 44.3 Å². The Hall–Kier alpha value is -4.87. The molecule has 1 aliphatic rings. The van der Waals surface area contributed by atoms with Crippen molar-refractivity contribution in [1.29, 1.82) is 0 Å². The summed E-state index contributed by atoms with van der Waals surface area (Å²) in [5.41, 5.74) is 0.416. The third-order valence-electron chi connectivity index (χ3n) is 8.32. The van der Waals surface area contributed by atoms with E-state index in [0.717, 1.165) is 25.5 Å². The van der Waals surface area contributed by atoms with Gasteiger partial charge in [-0.3, -0.25) is 0 Å². The standard InChI is InChI=1S/C20H20F2N4O2S.C16H12ClF2N3O2S/c1-27-13-7-14(28-2)17(22)15(16(13)21)12-6-11-9-24-20(29-3)26-18(11)19(25-12)23-8-10-4-5-10;1-23-9-5-10(24-2)13(19)11(12(9)18)8-4-7-6-20-16(25-3)22-14(7)15(17)21-8/h6-7,9-10H,4-5,8H2,1-3H3,(H,23,25);4-6H,1-3H3. The van der Waals surface area contributed by atoms with Gasteiger partial charge in [0.2, 0.25) is 0 Å². The first-order valence-electron chi connectivity index (χ1n) is 16.1. The quantitative estimate of drug-likeness (QED) is 0.0581. The van der Waals surface area contributed by atoms with Crippen molar-refractivity contribution in [3.8, 4) is 45.5 Å². The average molecular weight is 802 g/mol. The lowest BCUT2D eigenvalue weighted by molar-refractivity contribution is 0.359. The summed E-state index contributed by atoms with van der Waals surface area (Å²) >= 11 is 8.93. The molecule has 2 aromatic carbocycles. The molecule has 282 valence electrons. The zero-order chi connectivity index (χ0) is 38.7. The molecule has 7 rings (SSSR count). The van der Waals surface area contributed by atoms with Gasteiger partial charge in [-0.05, 0) is 43.4 Å². The maximum atomic E-state index is 15.0. The number of pyridine rings is 2. The van der Waals surface area contributed by atoms with E-state index >= 15 is 0 Å². The summed E-state index contributed by atoms with van der Waals surface area (Å²) < 4.78 is 79.3. The molecule has 1 N–H and O–H groups in total. The Kier molecular flexibility index (Phi) is 12.0. The van der Waals surface area contributed by atoms with Gasteiger partial charge in [0.1, 0.15) is 11.0 Å². The van der Waals surface area contributed by atoms with Crippen LogP contribution in [0.15, 0.2) is 47.0 Å². The SMILES string of the molecule is COc1cc(OC)c(F)c(-c2cc3cnc(SC)nc3c(Cl)n2)c1F.COc1cc(OC)c(F)c(-c2cc3cnc(SC)nc3c(NCC3CC3)n2)c1F. The van der Waals surface area contributed by atoms with Crippen molar-refractivity contribution in [2.45, 2.75) is 23.2 Å². The minimum atomic E-state index is -0.898. The van der Waals surface area contributed by atoms with E-state index in [9.17, 15) is 17.6 Å². The topological polar surface area (TPSA) is 126 Å². The van der Waals surface area contributed by atoms with Crippen LogP contribution in [0.2, 0.25) is 5.15 Å². The first-order valence-corrected chi connectivity index (χ1v) is 18.9. The second kappa shape index (κ2) is 16.7. The van der Waals surface area contributed by atoms with E-state index in [2.05, 4.69) is 35.2 Å². The summed E-state index contributed by atoms with van der Waals surface area (Å²) in [5, 5.41) is 5.56. The molecular weight excluding hydrogens is 770 g/mol. The molecule has 0 bridgehead atoms. The predicted molar refractivity (Wildman–Crippen MR) is 201 cm³/mol. The molecule has 0 spiro atoms. The van der Waals surface area contributed by atoms with Gasteiger partial charge in [-0.15, -0.1) is 0 Å².